The summed E-state index contributed by atoms with van der Waals surface area (Å²) in [6.07, 6.45) is 9.35. The lowest BCUT2D eigenvalue weighted by molar-refractivity contribution is 0.586. The average Bonchev–Trinajstić information content (AvgIpc) is 3.73. The van der Waals surface area contributed by atoms with E-state index in [4.69, 9.17) is 0 Å². The predicted molar refractivity (Wildman–Crippen MR) is 218 cm³/mol. The lowest BCUT2D eigenvalue weighted by Crippen LogP contribution is -2.33. The van der Waals surface area contributed by atoms with Crippen LogP contribution < -0.4 is 4.90 Å². The Kier molecular flexibility index (Phi) is 7.05. The normalized spacial score (nSPS) is 20.6. The minimum atomic E-state index is -0.383. The van der Waals surface area contributed by atoms with E-state index in [-0.39, 0.29) is 5.41 Å². The average molecular weight is 674 g/mol. The van der Waals surface area contributed by atoms with Crippen LogP contribution in [0.5, 0.6) is 0 Å². The molecule has 10 rings (SSSR count). The number of nitrogens with zero attached hydrogens (tertiary/aromatic N) is 1. The van der Waals surface area contributed by atoms with Crippen molar-refractivity contribution in [2.45, 2.75) is 38.0 Å². The van der Waals surface area contributed by atoms with Gasteiger partial charge in [0.25, 0.3) is 0 Å². The molecular formula is C49H39NS. The highest BCUT2D eigenvalue weighted by Gasteiger charge is 2.50. The second kappa shape index (κ2) is 11.8. The zero-order valence-electron chi connectivity index (χ0n) is 29.0. The molecule has 0 aliphatic heterocycles. The molecule has 0 saturated heterocycles. The molecule has 0 amide bonds. The zero-order chi connectivity index (χ0) is 34.1. The molecule has 3 aliphatic rings. The largest absolute Gasteiger partial charge is 0.309 e. The van der Waals surface area contributed by atoms with E-state index in [0.717, 1.165) is 12.8 Å². The molecular weight excluding hydrogens is 635 g/mol. The number of thiophene rings is 1. The van der Waals surface area contributed by atoms with Crippen LogP contribution in [0.15, 0.2) is 169 Å². The van der Waals surface area contributed by atoms with E-state index < -0.39 is 0 Å². The molecule has 0 bridgehead atoms. The summed E-state index contributed by atoms with van der Waals surface area (Å²) in [4.78, 5) is 3.91. The molecule has 0 spiro atoms. The number of anilines is 2. The van der Waals surface area contributed by atoms with Gasteiger partial charge in [-0.05, 0) is 92.6 Å². The fraction of sp³-hybridized carbons (Fsp3) is 0.143. The van der Waals surface area contributed by atoms with Crippen molar-refractivity contribution in [2.75, 3.05) is 4.90 Å². The monoisotopic (exact) mass is 673 g/mol. The standard InChI is InChI=1S/C49H39NS/c1-32-30-31-44(50(36-21-7-4-8-22-36)43-29-14-18-34-17-9-10-23-37(34)43)48-45(32)40-26-15-28-42(47(40)51-48)49(35-19-5-3-6-20-35)41-27-12-11-24-38(41)39-25-13-16-33(2)46(39)49/h3-15,17-29,31-33H,16,30H2,1-2H3. The maximum absolute atomic E-state index is 2.52. The van der Waals surface area contributed by atoms with Gasteiger partial charge in [-0.2, -0.15) is 0 Å². The van der Waals surface area contributed by atoms with Gasteiger partial charge in [0.2, 0.25) is 0 Å². The van der Waals surface area contributed by atoms with Crippen LogP contribution in [0.1, 0.15) is 65.3 Å². The Morgan fingerprint density at radius 1 is 0.627 bits per heavy atom. The summed E-state index contributed by atoms with van der Waals surface area (Å²) in [5.74, 6) is 0.824. The Bertz CT molecular complexity index is 2560. The number of benzene rings is 6. The summed E-state index contributed by atoms with van der Waals surface area (Å²) in [5, 5.41) is 3.91. The van der Waals surface area contributed by atoms with Crippen molar-refractivity contribution in [3.05, 3.63) is 202 Å². The molecule has 0 saturated carbocycles. The van der Waals surface area contributed by atoms with Crippen LogP contribution in [-0.2, 0) is 5.41 Å². The van der Waals surface area contributed by atoms with Gasteiger partial charge in [0.15, 0.2) is 0 Å². The predicted octanol–water partition coefficient (Wildman–Crippen LogP) is 13.4. The van der Waals surface area contributed by atoms with Crippen molar-refractivity contribution in [3.8, 4) is 0 Å². The maximum atomic E-state index is 2.52. The second-order valence-corrected chi connectivity index (χ2v) is 15.5. The van der Waals surface area contributed by atoms with E-state index in [1.54, 1.807) is 5.57 Å². The van der Waals surface area contributed by atoms with Gasteiger partial charge in [-0.15, -0.1) is 11.3 Å². The summed E-state index contributed by atoms with van der Waals surface area (Å²) in [6.45, 7) is 4.86. The first-order chi connectivity index (χ1) is 25.2. The van der Waals surface area contributed by atoms with E-state index in [0.29, 0.717) is 11.8 Å². The van der Waals surface area contributed by atoms with Gasteiger partial charge >= 0.3 is 0 Å². The molecule has 2 heteroatoms. The topological polar surface area (TPSA) is 3.24 Å². The van der Waals surface area contributed by atoms with Gasteiger partial charge < -0.3 is 4.90 Å². The van der Waals surface area contributed by atoms with Gasteiger partial charge in [0.05, 0.1) is 21.7 Å². The summed E-state index contributed by atoms with van der Waals surface area (Å²) >= 11 is 2.01. The second-order valence-electron chi connectivity index (χ2n) is 14.5. The Balaban J connectivity index is 1.28. The van der Waals surface area contributed by atoms with Crippen LogP contribution in [0.25, 0.3) is 32.1 Å². The molecule has 51 heavy (non-hydrogen) atoms. The molecule has 1 heterocycles. The molecule has 0 N–H and O–H groups in total. The number of allylic oxidation sites excluding steroid dienone is 5. The third-order valence-electron chi connectivity index (χ3n) is 11.6. The van der Waals surface area contributed by atoms with Crippen LogP contribution in [0.4, 0.5) is 11.4 Å². The third-order valence-corrected chi connectivity index (χ3v) is 12.9. The number of fused-ring (bicyclic) bond motifs is 6. The van der Waals surface area contributed by atoms with Gasteiger partial charge in [0.1, 0.15) is 0 Å². The van der Waals surface area contributed by atoms with Gasteiger partial charge in [-0.25, -0.2) is 0 Å². The molecule has 3 atom stereocenters. The lowest BCUT2D eigenvalue weighted by Gasteiger charge is -2.39. The Morgan fingerprint density at radius 2 is 1.31 bits per heavy atom. The van der Waals surface area contributed by atoms with E-state index in [1.807, 2.05) is 11.3 Å². The zero-order valence-corrected chi connectivity index (χ0v) is 29.8. The molecule has 3 aliphatic carbocycles. The molecule has 3 unspecified atom stereocenters. The lowest BCUT2D eigenvalue weighted by atomic mass is 9.63. The van der Waals surface area contributed by atoms with Crippen molar-refractivity contribution in [1.29, 1.82) is 0 Å². The molecule has 0 radical (unpaired) electrons. The first-order valence-corrected chi connectivity index (χ1v) is 19.1. The van der Waals surface area contributed by atoms with E-state index in [9.17, 15) is 0 Å². The minimum absolute atomic E-state index is 0.383. The SMILES string of the molecule is CC1CC=CC2=C1C(c1ccccc1)(c1cccc3c4c(sc13)C(N(c1ccccc1)c1cccc3ccccc13)=CCC4C)c1ccccc12. The van der Waals surface area contributed by atoms with Crippen molar-refractivity contribution in [1.82, 2.24) is 0 Å². The van der Waals surface area contributed by atoms with E-state index in [2.05, 4.69) is 183 Å². The molecule has 246 valence electrons. The first-order valence-electron chi connectivity index (χ1n) is 18.3. The highest BCUT2D eigenvalue weighted by molar-refractivity contribution is 7.20. The highest BCUT2D eigenvalue weighted by Crippen LogP contribution is 2.61. The number of rotatable bonds is 5. The Hall–Kier alpha value is -5.44. The van der Waals surface area contributed by atoms with E-state index >= 15 is 0 Å². The number of para-hydroxylation sites is 1. The molecule has 0 fully saturated rings. The third kappa shape index (κ3) is 4.39. The van der Waals surface area contributed by atoms with Crippen LogP contribution in [-0.4, -0.2) is 0 Å². The smallest absolute Gasteiger partial charge is 0.0693 e. The number of hydrogen-bond donors (Lipinski definition) is 0. The number of hydrogen-bond acceptors (Lipinski definition) is 2. The van der Waals surface area contributed by atoms with Crippen LogP contribution >= 0.6 is 11.3 Å². The van der Waals surface area contributed by atoms with Crippen molar-refractivity contribution >= 4 is 54.8 Å². The molecule has 7 aromatic rings. The highest BCUT2D eigenvalue weighted by atomic mass is 32.1. The quantitative estimate of drug-likeness (QED) is 0.176. The fourth-order valence-corrected chi connectivity index (χ4v) is 11.0. The van der Waals surface area contributed by atoms with E-state index in [1.165, 1.54) is 76.2 Å². The van der Waals surface area contributed by atoms with Gasteiger partial charge in [-0.3, -0.25) is 0 Å². The van der Waals surface area contributed by atoms with Crippen molar-refractivity contribution < 1.29 is 0 Å². The molecule has 1 aromatic heterocycles. The van der Waals surface area contributed by atoms with Crippen LogP contribution in [0, 0.1) is 5.92 Å². The fourth-order valence-electron chi connectivity index (χ4n) is 9.50. The van der Waals surface area contributed by atoms with Crippen molar-refractivity contribution in [3.63, 3.8) is 0 Å². The first kappa shape index (κ1) is 30.4. The molecule has 6 aromatic carbocycles. The summed E-state index contributed by atoms with van der Waals surface area (Å²) in [6, 6.07) is 54.2. The van der Waals surface area contributed by atoms with Crippen LogP contribution in [0.3, 0.4) is 0 Å². The Labute approximate surface area is 304 Å². The summed E-state index contributed by atoms with van der Waals surface area (Å²) in [5.41, 5.74) is 13.3. The summed E-state index contributed by atoms with van der Waals surface area (Å²) in [7, 11) is 0. The molecule has 1 nitrogen and oxygen atoms in total. The minimum Gasteiger partial charge on any atom is -0.309 e. The van der Waals surface area contributed by atoms with Gasteiger partial charge in [-0.1, -0.05) is 159 Å². The maximum Gasteiger partial charge on any atom is 0.0693 e. The van der Waals surface area contributed by atoms with Crippen LogP contribution in [0.2, 0.25) is 0 Å². The van der Waals surface area contributed by atoms with Crippen molar-refractivity contribution in [2.24, 2.45) is 5.92 Å². The Morgan fingerprint density at radius 3 is 2.18 bits per heavy atom. The summed E-state index contributed by atoms with van der Waals surface area (Å²) < 4.78 is 1.40. The van der Waals surface area contributed by atoms with Gasteiger partial charge in [0, 0.05) is 15.8 Å².